The topological polar surface area (TPSA) is 51.8 Å². The minimum absolute atomic E-state index is 0.567. The molecule has 0 saturated carbocycles. The van der Waals surface area contributed by atoms with E-state index in [0.29, 0.717) is 5.82 Å². The monoisotopic (exact) mass is 247 g/mol. The summed E-state index contributed by atoms with van der Waals surface area (Å²) >= 11 is 3.28. The lowest BCUT2D eigenvalue weighted by molar-refractivity contribution is 1.26. The van der Waals surface area contributed by atoms with Crippen LogP contribution in [-0.4, -0.2) is 9.97 Å². The molecule has 0 bridgehead atoms. The normalized spacial score (nSPS) is 11.1. The molecule has 0 spiro atoms. The first-order valence-corrected chi connectivity index (χ1v) is 6.51. The van der Waals surface area contributed by atoms with E-state index in [4.69, 9.17) is 5.73 Å². The lowest BCUT2D eigenvalue weighted by atomic mass is 10.3. The van der Waals surface area contributed by atoms with Crippen LogP contribution in [0, 0.1) is 6.92 Å². The van der Waals surface area contributed by atoms with E-state index in [9.17, 15) is 0 Å². The molecule has 3 rings (SSSR count). The maximum Gasteiger partial charge on any atom is 0.173 e. The second-order valence-corrected chi connectivity index (χ2v) is 5.67. The average molecular weight is 247 g/mol. The van der Waals surface area contributed by atoms with Crippen molar-refractivity contribution in [1.29, 1.82) is 0 Å². The van der Waals surface area contributed by atoms with E-state index in [2.05, 4.69) is 16.9 Å². The Kier molecular flexibility index (Phi) is 2.15. The molecule has 3 nitrogen and oxygen atoms in total. The summed E-state index contributed by atoms with van der Waals surface area (Å²) in [7, 11) is 0. The van der Waals surface area contributed by atoms with Crippen molar-refractivity contribution in [2.24, 2.45) is 0 Å². The van der Waals surface area contributed by atoms with Crippen LogP contribution >= 0.6 is 22.7 Å². The summed E-state index contributed by atoms with van der Waals surface area (Å²) in [6.45, 7) is 2.05. The van der Waals surface area contributed by atoms with Crippen molar-refractivity contribution in [3.8, 4) is 10.7 Å². The molecular formula is C11H9N3S2. The van der Waals surface area contributed by atoms with Gasteiger partial charge in [0, 0.05) is 4.88 Å². The summed E-state index contributed by atoms with van der Waals surface area (Å²) in [5, 5.41) is 2.97. The quantitative estimate of drug-likeness (QED) is 0.717. The number of fused-ring (bicyclic) bond motifs is 1. The standard InChI is InChI=1S/C11H9N3S2/c1-6-5-7-9(12)13-10(14-11(7)16-6)8-3-2-4-15-8/h2-5H,1H3,(H2,12,13,14). The number of anilines is 1. The van der Waals surface area contributed by atoms with E-state index < -0.39 is 0 Å². The maximum absolute atomic E-state index is 5.94. The van der Waals surface area contributed by atoms with Crippen LogP contribution in [0.2, 0.25) is 0 Å². The molecule has 0 saturated heterocycles. The van der Waals surface area contributed by atoms with Gasteiger partial charge in [-0.1, -0.05) is 6.07 Å². The molecule has 3 heterocycles. The first-order valence-electron chi connectivity index (χ1n) is 4.81. The van der Waals surface area contributed by atoms with Gasteiger partial charge in [0.2, 0.25) is 0 Å². The Balaban J connectivity index is 2.28. The summed E-state index contributed by atoms with van der Waals surface area (Å²) in [6.07, 6.45) is 0. The SMILES string of the molecule is Cc1cc2c(N)nc(-c3cccs3)nc2s1. The smallest absolute Gasteiger partial charge is 0.173 e. The molecule has 16 heavy (non-hydrogen) atoms. The maximum atomic E-state index is 5.94. The number of hydrogen-bond acceptors (Lipinski definition) is 5. The lowest BCUT2D eigenvalue weighted by Crippen LogP contribution is -1.94. The Labute approximate surface area is 101 Å². The highest BCUT2D eigenvalue weighted by Crippen LogP contribution is 2.30. The predicted octanol–water partition coefficient (Wildman–Crippen LogP) is 3.31. The summed E-state index contributed by atoms with van der Waals surface area (Å²) in [6, 6.07) is 6.03. The Bertz CT molecular complexity index is 641. The zero-order valence-corrected chi connectivity index (χ0v) is 10.2. The molecule has 5 heteroatoms. The minimum atomic E-state index is 0.567. The predicted molar refractivity (Wildman–Crippen MR) is 69.9 cm³/mol. The van der Waals surface area contributed by atoms with Crippen LogP contribution in [0.25, 0.3) is 20.9 Å². The number of nitrogen functional groups attached to an aromatic ring is 1. The average Bonchev–Trinajstić information content (AvgIpc) is 2.84. The minimum Gasteiger partial charge on any atom is -0.383 e. The molecule has 0 fully saturated rings. The fraction of sp³-hybridized carbons (Fsp3) is 0.0909. The van der Waals surface area contributed by atoms with Crippen LogP contribution in [0.1, 0.15) is 4.88 Å². The fourth-order valence-electron chi connectivity index (χ4n) is 1.58. The molecule has 0 radical (unpaired) electrons. The molecular weight excluding hydrogens is 238 g/mol. The molecule has 0 aliphatic rings. The third-order valence-corrected chi connectivity index (χ3v) is 4.10. The van der Waals surface area contributed by atoms with Gasteiger partial charge in [-0.2, -0.15) is 0 Å². The van der Waals surface area contributed by atoms with E-state index in [0.717, 1.165) is 20.9 Å². The molecule has 0 aliphatic heterocycles. The van der Waals surface area contributed by atoms with Crippen molar-refractivity contribution >= 4 is 38.7 Å². The van der Waals surface area contributed by atoms with Crippen LogP contribution in [-0.2, 0) is 0 Å². The Morgan fingerprint density at radius 3 is 2.94 bits per heavy atom. The van der Waals surface area contributed by atoms with Gasteiger partial charge >= 0.3 is 0 Å². The first-order chi connectivity index (χ1) is 7.74. The Morgan fingerprint density at radius 2 is 2.19 bits per heavy atom. The number of aromatic nitrogens is 2. The molecule has 80 valence electrons. The van der Waals surface area contributed by atoms with Crippen molar-refractivity contribution < 1.29 is 0 Å². The third kappa shape index (κ3) is 1.48. The van der Waals surface area contributed by atoms with Crippen molar-refractivity contribution in [2.45, 2.75) is 6.92 Å². The highest BCUT2D eigenvalue weighted by atomic mass is 32.1. The molecule has 0 unspecified atom stereocenters. The van der Waals surface area contributed by atoms with E-state index in [-0.39, 0.29) is 0 Å². The summed E-state index contributed by atoms with van der Waals surface area (Å²) < 4.78 is 0. The van der Waals surface area contributed by atoms with Gasteiger partial charge in [-0.15, -0.1) is 22.7 Å². The van der Waals surface area contributed by atoms with Gasteiger partial charge in [0.1, 0.15) is 10.6 Å². The summed E-state index contributed by atoms with van der Waals surface area (Å²) in [4.78, 5) is 12.1. The number of thiophene rings is 2. The molecule has 0 amide bonds. The van der Waals surface area contributed by atoms with Crippen LogP contribution in [0.15, 0.2) is 23.6 Å². The molecule has 0 aromatic carbocycles. The molecule has 2 N–H and O–H groups in total. The first kappa shape index (κ1) is 9.74. The largest absolute Gasteiger partial charge is 0.383 e. The van der Waals surface area contributed by atoms with Crippen LogP contribution in [0.4, 0.5) is 5.82 Å². The zero-order valence-electron chi connectivity index (χ0n) is 8.60. The Morgan fingerprint density at radius 1 is 1.31 bits per heavy atom. The van der Waals surface area contributed by atoms with E-state index in [1.54, 1.807) is 22.7 Å². The number of aryl methyl sites for hydroxylation is 1. The van der Waals surface area contributed by atoms with Gasteiger partial charge in [-0.3, -0.25) is 0 Å². The zero-order chi connectivity index (χ0) is 11.1. The van der Waals surface area contributed by atoms with Crippen molar-refractivity contribution in [2.75, 3.05) is 5.73 Å². The summed E-state index contributed by atoms with van der Waals surface area (Å²) in [5.74, 6) is 1.29. The van der Waals surface area contributed by atoms with Gasteiger partial charge in [0.25, 0.3) is 0 Å². The van der Waals surface area contributed by atoms with Crippen LogP contribution in [0.5, 0.6) is 0 Å². The fourth-order valence-corrected chi connectivity index (χ4v) is 3.12. The van der Waals surface area contributed by atoms with Crippen molar-refractivity contribution in [1.82, 2.24) is 9.97 Å². The Hall–Kier alpha value is -1.46. The van der Waals surface area contributed by atoms with Crippen molar-refractivity contribution in [3.05, 3.63) is 28.5 Å². The van der Waals surface area contributed by atoms with E-state index >= 15 is 0 Å². The number of rotatable bonds is 1. The van der Waals surface area contributed by atoms with E-state index in [1.807, 2.05) is 23.6 Å². The van der Waals surface area contributed by atoms with Gasteiger partial charge in [0.05, 0.1) is 10.3 Å². The van der Waals surface area contributed by atoms with Gasteiger partial charge in [-0.05, 0) is 24.4 Å². The number of hydrogen-bond donors (Lipinski definition) is 1. The van der Waals surface area contributed by atoms with Gasteiger partial charge < -0.3 is 5.73 Å². The highest BCUT2D eigenvalue weighted by Gasteiger charge is 2.09. The van der Waals surface area contributed by atoms with Crippen molar-refractivity contribution in [3.63, 3.8) is 0 Å². The number of nitrogens with zero attached hydrogens (tertiary/aromatic N) is 2. The third-order valence-electron chi connectivity index (χ3n) is 2.29. The molecule has 0 atom stereocenters. The van der Waals surface area contributed by atoms with Crippen LogP contribution < -0.4 is 5.73 Å². The molecule has 3 aromatic heterocycles. The number of nitrogens with two attached hydrogens (primary N) is 1. The van der Waals surface area contributed by atoms with Crippen LogP contribution in [0.3, 0.4) is 0 Å². The van der Waals surface area contributed by atoms with E-state index in [1.165, 1.54) is 4.88 Å². The summed E-state index contributed by atoms with van der Waals surface area (Å²) in [5.41, 5.74) is 5.94. The molecule has 0 aliphatic carbocycles. The highest BCUT2D eigenvalue weighted by molar-refractivity contribution is 7.18. The second-order valence-electron chi connectivity index (χ2n) is 3.49. The molecule has 3 aromatic rings. The lowest BCUT2D eigenvalue weighted by Gasteiger charge is -1.99. The van der Waals surface area contributed by atoms with Gasteiger partial charge in [-0.25, -0.2) is 9.97 Å². The van der Waals surface area contributed by atoms with Gasteiger partial charge in [0.15, 0.2) is 5.82 Å². The second kappa shape index (κ2) is 3.54.